The van der Waals surface area contributed by atoms with Gasteiger partial charge in [-0.25, -0.2) is 0 Å². The number of benzene rings is 2. The van der Waals surface area contributed by atoms with Gasteiger partial charge in [0.2, 0.25) is 5.91 Å². The summed E-state index contributed by atoms with van der Waals surface area (Å²) in [5.74, 6) is 1.18. The molecule has 2 aromatic carbocycles. The highest BCUT2D eigenvalue weighted by Gasteiger charge is 2.05. The highest BCUT2D eigenvalue weighted by atomic mass is 16.5. The highest BCUT2D eigenvalue weighted by molar-refractivity contribution is 6.02. The van der Waals surface area contributed by atoms with Crippen molar-refractivity contribution in [3.8, 4) is 11.5 Å². The predicted molar refractivity (Wildman–Crippen MR) is 97.6 cm³/mol. The number of aryl methyl sites for hydroxylation is 1. The molecule has 1 N–H and O–H groups in total. The maximum atomic E-state index is 12.1. The number of rotatable bonds is 7. The molecule has 0 unspecified atom stereocenters. The molecule has 0 aliphatic heterocycles. The van der Waals surface area contributed by atoms with Crippen LogP contribution in [0.15, 0.2) is 48.5 Å². The molecule has 0 heterocycles. The third-order valence-electron chi connectivity index (χ3n) is 3.57. The van der Waals surface area contributed by atoms with E-state index in [-0.39, 0.29) is 5.91 Å². The minimum absolute atomic E-state index is 0.162. The lowest BCUT2D eigenvalue weighted by atomic mass is 10.1. The van der Waals surface area contributed by atoms with Gasteiger partial charge in [-0.15, -0.1) is 0 Å². The summed E-state index contributed by atoms with van der Waals surface area (Å²) in [4.78, 5) is 12.1. The number of ether oxygens (including phenoxy) is 2. The Hall–Kier alpha value is -2.75. The first-order valence-corrected chi connectivity index (χ1v) is 8.05. The SMILES string of the molecule is CCOc1cc(/C=C/C(=O)Nc2ccccc2CC)ccc1OC. The molecule has 0 bridgehead atoms. The second kappa shape index (κ2) is 8.77. The third kappa shape index (κ3) is 4.62. The van der Waals surface area contributed by atoms with Gasteiger partial charge in [0, 0.05) is 11.8 Å². The number of para-hydroxylation sites is 1. The molecule has 1 amide bonds. The number of anilines is 1. The van der Waals surface area contributed by atoms with Crippen LogP contribution >= 0.6 is 0 Å². The Labute approximate surface area is 143 Å². The second-order valence-electron chi connectivity index (χ2n) is 5.18. The van der Waals surface area contributed by atoms with Crippen LogP contribution in [-0.4, -0.2) is 19.6 Å². The quantitative estimate of drug-likeness (QED) is 0.772. The fourth-order valence-electron chi connectivity index (χ4n) is 2.36. The molecule has 0 radical (unpaired) electrons. The lowest BCUT2D eigenvalue weighted by Gasteiger charge is -2.10. The average Bonchev–Trinajstić information content (AvgIpc) is 2.61. The number of amides is 1. The van der Waals surface area contributed by atoms with Crippen LogP contribution in [0.3, 0.4) is 0 Å². The molecule has 0 saturated carbocycles. The molecule has 0 aliphatic rings. The van der Waals surface area contributed by atoms with Crippen molar-refractivity contribution < 1.29 is 14.3 Å². The van der Waals surface area contributed by atoms with E-state index in [1.807, 2.05) is 49.4 Å². The molecule has 2 rings (SSSR count). The molecule has 0 aromatic heterocycles. The second-order valence-corrected chi connectivity index (χ2v) is 5.18. The largest absolute Gasteiger partial charge is 0.493 e. The smallest absolute Gasteiger partial charge is 0.248 e. The Morgan fingerprint density at radius 3 is 2.62 bits per heavy atom. The standard InChI is InChI=1S/C20H23NO3/c1-4-16-8-6-7-9-17(16)21-20(22)13-11-15-10-12-18(23-3)19(14-15)24-5-2/h6-14H,4-5H2,1-3H3,(H,21,22)/b13-11+. The van der Waals surface area contributed by atoms with Gasteiger partial charge in [0.25, 0.3) is 0 Å². The van der Waals surface area contributed by atoms with Crippen molar-refractivity contribution in [3.05, 3.63) is 59.7 Å². The van der Waals surface area contributed by atoms with Gasteiger partial charge in [-0.05, 0) is 48.7 Å². The van der Waals surface area contributed by atoms with Crippen LogP contribution in [0.4, 0.5) is 5.69 Å². The summed E-state index contributed by atoms with van der Waals surface area (Å²) in [6.07, 6.45) is 4.15. The Morgan fingerprint density at radius 1 is 1.12 bits per heavy atom. The van der Waals surface area contributed by atoms with Gasteiger partial charge in [-0.2, -0.15) is 0 Å². The fourth-order valence-corrected chi connectivity index (χ4v) is 2.36. The van der Waals surface area contributed by atoms with Gasteiger partial charge in [0.1, 0.15) is 0 Å². The molecule has 0 fully saturated rings. The van der Waals surface area contributed by atoms with E-state index in [1.54, 1.807) is 13.2 Å². The zero-order valence-corrected chi connectivity index (χ0v) is 14.3. The number of hydrogen-bond donors (Lipinski definition) is 1. The van der Waals surface area contributed by atoms with E-state index in [4.69, 9.17) is 9.47 Å². The van der Waals surface area contributed by atoms with Crippen molar-refractivity contribution >= 4 is 17.7 Å². The van der Waals surface area contributed by atoms with Crippen molar-refractivity contribution in [1.82, 2.24) is 0 Å². The first-order valence-electron chi connectivity index (χ1n) is 8.05. The van der Waals surface area contributed by atoms with E-state index in [0.717, 1.165) is 23.2 Å². The minimum Gasteiger partial charge on any atom is -0.493 e. The fraction of sp³-hybridized carbons (Fsp3) is 0.250. The van der Waals surface area contributed by atoms with Crippen LogP contribution in [0.2, 0.25) is 0 Å². The van der Waals surface area contributed by atoms with Gasteiger partial charge in [-0.3, -0.25) is 4.79 Å². The van der Waals surface area contributed by atoms with E-state index in [1.165, 1.54) is 6.08 Å². The predicted octanol–water partition coefficient (Wildman–Crippen LogP) is 4.31. The van der Waals surface area contributed by atoms with Crippen LogP contribution in [0.25, 0.3) is 6.08 Å². The molecule has 0 atom stereocenters. The Kier molecular flexibility index (Phi) is 6.43. The van der Waals surface area contributed by atoms with Crippen molar-refractivity contribution in [2.24, 2.45) is 0 Å². The first-order chi connectivity index (χ1) is 11.7. The van der Waals surface area contributed by atoms with Gasteiger partial charge in [0.15, 0.2) is 11.5 Å². The zero-order chi connectivity index (χ0) is 17.4. The zero-order valence-electron chi connectivity index (χ0n) is 14.3. The highest BCUT2D eigenvalue weighted by Crippen LogP contribution is 2.28. The van der Waals surface area contributed by atoms with Crippen LogP contribution in [0.5, 0.6) is 11.5 Å². The monoisotopic (exact) mass is 325 g/mol. The van der Waals surface area contributed by atoms with Crippen LogP contribution in [-0.2, 0) is 11.2 Å². The number of hydrogen-bond acceptors (Lipinski definition) is 3. The van der Waals surface area contributed by atoms with Gasteiger partial charge >= 0.3 is 0 Å². The molecule has 0 saturated heterocycles. The van der Waals surface area contributed by atoms with E-state index in [2.05, 4.69) is 12.2 Å². The molecular formula is C20H23NO3. The number of carbonyl (C=O) groups is 1. The van der Waals surface area contributed by atoms with E-state index in [9.17, 15) is 4.79 Å². The molecule has 4 nitrogen and oxygen atoms in total. The molecule has 0 aliphatic carbocycles. The summed E-state index contributed by atoms with van der Waals surface area (Å²) in [6, 6.07) is 13.4. The van der Waals surface area contributed by atoms with E-state index in [0.29, 0.717) is 18.1 Å². The molecule has 4 heteroatoms. The number of nitrogens with one attached hydrogen (secondary N) is 1. The normalized spacial score (nSPS) is 10.6. The summed E-state index contributed by atoms with van der Waals surface area (Å²) in [6.45, 7) is 4.53. The molecule has 0 spiro atoms. The summed E-state index contributed by atoms with van der Waals surface area (Å²) in [5.41, 5.74) is 2.83. The minimum atomic E-state index is -0.162. The lowest BCUT2D eigenvalue weighted by molar-refractivity contribution is -0.111. The summed E-state index contributed by atoms with van der Waals surface area (Å²) in [5, 5.41) is 2.91. The summed E-state index contributed by atoms with van der Waals surface area (Å²) < 4.78 is 10.8. The van der Waals surface area contributed by atoms with E-state index < -0.39 is 0 Å². The summed E-state index contributed by atoms with van der Waals surface area (Å²) in [7, 11) is 1.60. The number of methoxy groups -OCH3 is 1. The molecule has 2 aromatic rings. The van der Waals surface area contributed by atoms with Gasteiger partial charge in [-0.1, -0.05) is 31.2 Å². The maximum absolute atomic E-state index is 12.1. The van der Waals surface area contributed by atoms with Crippen LogP contribution < -0.4 is 14.8 Å². The molecule has 126 valence electrons. The van der Waals surface area contributed by atoms with Crippen molar-refractivity contribution in [2.75, 3.05) is 19.0 Å². The Morgan fingerprint density at radius 2 is 1.92 bits per heavy atom. The topological polar surface area (TPSA) is 47.6 Å². The Balaban J connectivity index is 2.09. The van der Waals surface area contributed by atoms with Gasteiger partial charge < -0.3 is 14.8 Å². The van der Waals surface area contributed by atoms with Crippen LogP contribution in [0, 0.1) is 0 Å². The van der Waals surface area contributed by atoms with Crippen molar-refractivity contribution in [2.45, 2.75) is 20.3 Å². The maximum Gasteiger partial charge on any atom is 0.248 e. The first kappa shape index (κ1) is 17.6. The Bertz CT molecular complexity index is 723. The number of carbonyl (C=O) groups excluding carboxylic acids is 1. The van der Waals surface area contributed by atoms with E-state index >= 15 is 0 Å². The summed E-state index contributed by atoms with van der Waals surface area (Å²) >= 11 is 0. The van der Waals surface area contributed by atoms with Crippen LogP contribution in [0.1, 0.15) is 25.0 Å². The molecule has 24 heavy (non-hydrogen) atoms. The van der Waals surface area contributed by atoms with Crippen molar-refractivity contribution in [3.63, 3.8) is 0 Å². The van der Waals surface area contributed by atoms with Gasteiger partial charge in [0.05, 0.1) is 13.7 Å². The average molecular weight is 325 g/mol. The molecular weight excluding hydrogens is 302 g/mol. The third-order valence-corrected chi connectivity index (χ3v) is 3.57. The lowest BCUT2D eigenvalue weighted by Crippen LogP contribution is -2.09. The van der Waals surface area contributed by atoms with Crippen molar-refractivity contribution in [1.29, 1.82) is 0 Å².